The van der Waals surface area contributed by atoms with Crippen LogP contribution in [0.15, 0.2) is 41.1 Å². The highest BCUT2D eigenvalue weighted by atomic mass is 19.2. The Hall–Kier alpha value is -4.22. The molecule has 3 aromatic heterocycles. The Balaban J connectivity index is 1.35. The number of nitrogens with zero attached hydrogens (tertiary/aromatic N) is 6. The van der Waals surface area contributed by atoms with E-state index in [2.05, 4.69) is 35.4 Å². The molecule has 0 spiro atoms. The fourth-order valence-electron chi connectivity index (χ4n) is 2.78. The van der Waals surface area contributed by atoms with Crippen LogP contribution in [0.4, 0.5) is 26.4 Å². The van der Waals surface area contributed by atoms with Gasteiger partial charge in [0.2, 0.25) is 29.4 Å². The van der Waals surface area contributed by atoms with Crippen molar-refractivity contribution < 1.29 is 18.0 Å². The number of rotatable bonds is 7. The van der Waals surface area contributed by atoms with E-state index < -0.39 is 11.6 Å². The van der Waals surface area contributed by atoms with Gasteiger partial charge in [-0.3, -0.25) is 0 Å². The monoisotopic (exact) mass is 438 g/mol. The van der Waals surface area contributed by atoms with Gasteiger partial charge in [-0.05, 0) is 37.0 Å². The van der Waals surface area contributed by atoms with Crippen LogP contribution >= 0.6 is 0 Å². The van der Waals surface area contributed by atoms with Crippen LogP contribution < -0.4 is 15.8 Å². The quantitative estimate of drug-likeness (QED) is 0.441. The molecule has 1 aliphatic carbocycles. The fourth-order valence-corrected chi connectivity index (χ4v) is 2.78. The molecule has 12 heteroatoms. The smallest absolute Gasteiger partial charge is 0.259 e. The third-order valence-electron chi connectivity index (χ3n) is 4.62. The topological polar surface area (TPSA) is 138 Å². The van der Waals surface area contributed by atoms with Crippen molar-refractivity contribution in [1.29, 1.82) is 0 Å². The van der Waals surface area contributed by atoms with Crippen molar-refractivity contribution in [3.8, 4) is 29.0 Å². The van der Waals surface area contributed by atoms with Gasteiger partial charge in [0.1, 0.15) is 0 Å². The maximum atomic E-state index is 13.9. The Morgan fingerprint density at radius 3 is 2.72 bits per heavy atom. The first-order valence-electron chi connectivity index (χ1n) is 9.71. The van der Waals surface area contributed by atoms with Crippen LogP contribution in [-0.4, -0.2) is 36.7 Å². The first-order chi connectivity index (χ1) is 15.5. The molecule has 10 nitrogen and oxygen atoms in total. The molecule has 0 radical (unpaired) electrons. The highest BCUT2D eigenvalue weighted by molar-refractivity contribution is 5.59. The van der Waals surface area contributed by atoms with E-state index in [1.54, 1.807) is 18.3 Å². The van der Waals surface area contributed by atoms with Crippen molar-refractivity contribution in [1.82, 2.24) is 30.1 Å². The zero-order valence-corrected chi connectivity index (χ0v) is 16.5. The van der Waals surface area contributed by atoms with Gasteiger partial charge in [0.05, 0.1) is 17.9 Å². The lowest BCUT2D eigenvalue weighted by Crippen LogP contribution is -2.06. The molecule has 1 aromatic carbocycles. The number of pyridine rings is 1. The van der Waals surface area contributed by atoms with Crippen molar-refractivity contribution in [3.63, 3.8) is 0 Å². The first kappa shape index (κ1) is 19.7. The average molecular weight is 438 g/mol. The summed E-state index contributed by atoms with van der Waals surface area (Å²) >= 11 is 0. The van der Waals surface area contributed by atoms with Gasteiger partial charge in [-0.25, -0.2) is 13.8 Å². The molecule has 1 aliphatic rings. The van der Waals surface area contributed by atoms with E-state index in [0.717, 1.165) is 6.07 Å². The summed E-state index contributed by atoms with van der Waals surface area (Å²) in [5.74, 6) is -1.02. The normalized spacial score (nSPS) is 13.2. The standard InChI is InChI=1S/C20H16F2N8O2/c21-12-2-1-3-13(15(12)22)25-20-28-16(27-19(23)29-20)17-26-18(32-30-17)11-6-7-14(24-8-11)31-9-10-4-5-10/h1-3,6-8,10H,4-5,9H2,(H3,23,25,27,28,29). The van der Waals surface area contributed by atoms with E-state index in [1.807, 2.05) is 0 Å². The Morgan fingerprint density at radius 2 is 1.94 bits per heavy atom. The van der Waals surface area contributed by atoms with Gasteiger partial charge < -0.3 is 20.3 Å². The Bertz CT molecular complexity index is 1260. The van der Waals surface area contributed by atoms with E-state index in [-0.39, 0.29) is 35.1 Å². The van der Waals surface area contributed by atoms with Gasteiger partial charge in [0.25, 0.3) is 5.89 Å². The number of ether oxygens (including phenoxy) is 1. The highest BCUT2D eigenvalue weighted by Gasteiger charge is 2.22. The molecule has 5 rings (SSSR count). The second-order valence-electron chi connectivity index (χ2n) is 7.13. The third kappa shape index (κ3) is 4.29. The second-order valence-corrected chi connectivity index (χ2v) is 7.13. The van der Waals surface area contributed by atoms with E-state index in [4.69, 9.17) is 15.0 Å². The molecule has 32 heavy (non-hydrogen) atoms. The van der Waals surface area contributed by atoms with E-state index >= 15 is 0 Å². The highest BCUT2D eigenvalue weighted by Crippen LogP contribution is 2.29. The van der Waals surface area contributed by atoms with Crippen molar-refractivity contribution in [2.45, 2.75) is 12.8 Å². The molecule has 0 amide bonds. The summed E-state index contributed by atoms with van der Waals surface area (Å²) < 4.78 is 38.2. The number of anilines is 3. The SMILES string of the molecule is Nc1nc(Nc2cccc(F)c2F)nc(-c2noc(-c3ccc(OCC4CC4)nc3)n2)n1. The molecule has 0 saturated heterocycles. The minimum Gasteiger partial charge on any atom is -0.477 e. The van der Waals surface area contributed by atoms with Crippen LogP contribution in [0.1, 0.15) is 12.8 Å². The maximum Gasteiger partial charge on any atom is 0.259 e. The summed E-state index contributed by atoms with van der Waals surface area (Å²) in [4.78, 5) is 20.5. The lowest BCUT2D eigenvalue weighted by molar-refractivity contribution is 0.288. The molecule has 0 aliphatic heterocycles. The average Bonchev–Trinajstić information content (AvgIpc) is 3.49. The molecule has 1 saturated carbocycles. The predicted octanol–water partition coefficient (Wildman–Crippen LogP) is 3.38. The molecule has 3 N–H and O–H groups in total. The van der Waals surface area contributed by atoms with Crippen molar-refractivity contribution in [3.05, 3.63) is 48.2 Å². The molecule has 3 heterocycles. The number of benzene rings is 1. The van der Waals surface area contributed by atoms with Crippen LogP contribution in [0.5, 0.6) is 5.88 Å². The van der Waals surface area contributed by atoms with Gasteiger partial charge in [-0.2, -0.15) is 19.9 Å². The number of hydrogen-bond acceptors (Lipinski definition) is 10. The van der Waals surface area contributed by atoms with Crippen LogP contribution in [0.3, 0.4) is 0 Å². The van der Waals surface area contributed by atoms with Gasteiger partial charge in [-0.15, -0.1) is 0 Å². The van der Waals surface area contributed by atoms with Gasteiger partial charge >= 0.3 is 0 Å². The fraction of sp³-hybridized carbons (Fsp3) is 0.200. The third-order valence-corrected chi connectivity index (χ3v) is 4.62. The lowest BCUT2D eigenvalue weighted by atomic mass is 10.3. The van der Waals surface area contributed by atoms with Crippen LogP contribution in [0.2, 0.25) is 0 Å². The summed E-state index contributed by atoms with van der Waals surface area (Å²) in [6.45, 7) is 0.660. The molecular weight excluding hydrogens is 422 g/mol. The van der Waals surface area contributed by atoms with Crippen molar-refractivity contribution in [2.75, 3.05) is 17.7 Å². The minimum atomic E-state index is -1.08. The Kier molecular flexibility index (Phi) is 5.01. The summed E-state index contributed by atoms with van der Waals surface area (Å²) in [6, 6.07) is 7.13. The lowest BCUT2D eigenvalue weighted by Gasteiger charge is -2.07. The van der Waals surface area contributed by atoms with Gasteiger partial charge in [0, 0.05) is 12.3 Å². The number of halogens is 2. The molecule has 0 unspecified atom stereocenters. The number of nitrogens with two attached hydrogens (primary N) is 1. The summed E-state index contributed by atoms with van der Waals surface area (Å²) in [6.07, 6.45) is 3.94. The predicted molar refractivity (Wildman–Crippen MR) is 109 cm³/mol. The van der Waals surface area contributed by atoms with Crippen LogP contribution in [0, 0.1) is 17.6 Å². The number of hydrogen-bond donors (Lipinski definition) is 2. The first-order valence-corrected chi connectivity index (χ1v) is 9.71. The Labute approximate surface area is 179 Å². The summed E-state index contributed by atoms with van der Waals surface area (Å²) in [5, 5.41) is 6.42. The summed E-state index contributed by atoms with van der Waals surface area (Å²) in [5.41, 5.74) is 6.14. The minimum absolute atomic E-state index is 0.0100. The zero-order chi connectivity index (χ0) is 22.1. The van der Waals surface area contributed by atoms with E-state index in [9.17, 15) is 8.78 Å². The molecule has 1 fully saturated rings. The van der Waals surface area contributed by atoms with E-state index in [1.165, 1.54) is 25.0 Å². The number of aromatic nitrogens is 6. The number of nitrogens with one attached hydrogen (secondary N) is 1. The van der Waals surface area contributed by atoms with Crippen LogP contribution in [0.25, 0.3) is 23.1 Å². The van der Waals surface area contributed by atoms with Crippen molar-refractivity contribution in [2.24, 2.45) is 5.92 Å². The second kappa shape index (κ2) is 8.13. The Morgan fingerprint density at radius 1 is 1.06 bits per heavy atom. The van der Waals surface area contributed by atoms with Gasteiger partial charge in [-0.1, -0.05) is 11.2 Å². The summed E-state index contributed by atoms with van der Waals surface area (Å²) in [7, 11) is 0. The van der Waals surface area contributed by atoms with Gasteiger partial charge in [0.15, 0.2) is 11.6 Å². The van der Waals surface area contributed by atoms with Crippen molar-refractivity contribution >= 4 is 17.6 Å². The largest absolute Gasteiger partial charge is 0.477 e. The molecule has 4 aromatic rings. The maximum absolute atomic E-state index is 13.9. The zero-order valence-electron chi connectivity index (χ0n) is 16.5. The number of nitrogen functional groups attached to an aromatic ring is 1. The molecule has 162 valence electrons. The van der Waals surface area contributed by atoms with E-state index in [0.29, 0.717) is 24.0 Å². The molecule has 0 bridgehead atoms. The van der Waals surface area contributed by atoms with Crippen LogP contribution in [-0.2, 0) is 0 Å². The molecule has 0 atom stereocenters. The molecular formula is C20H16F2N8O2.